The monoisotopic (exact) mass is 490 g/mol. The SMILES string of the molecule is Cc1ccc(-n2c(SCC(=O)c3c[nH]c(C(=O)N4CCCC4)c3)nc3ccccc3c2=O)cc1F. The third kappa shape index (κ3) is 4.51. The number of nitrogens with one attached hydrogen (secondary N) is 1. The number of aromatic nitrogens is 3. The Morgan fingerprint density at radius 1 is 1.11 bits per heavy atom. The van der Waals surface area contributed by atoms with Crippen molar-refractivity contribution in [1.29, 1.82) is 0 Å². The highest BCUT2D eigenvalue weighted by Crippen LogP contribution is 2.24. The summed E-state index contributed by atoms with van der Waals surface area (Å²) in [5, 5.41) is 0.689. The molecule has 1 aliphatic rings. The van der Waals surface area contributed by atoms with Crippen molar-refractivity contribution < 1.29 is 14.0 Å². The highest BCUT2D eigenvalue weighted by molar-refractivity contribution is 7.99. The van der Waals surface area contributed by atoms with Crippen LogP contribution >= 0.6 is 11.8 Å². The second kappa shape index (κ2) is 9.50. The number of hydrogen-bond donors (Lipinski definition) is 1. The minimum atomic E-state index is -0.433. The van der Waals surface area contributed by atoms with Gasteiger partial charge in [-0.2, -0.15) is 0 Å². The summed E-state index contributed by atoms with van der Waals surface area (Å²) in [4.78, 5) is 48.1. The fraction of sp³-hybridized carbons (Fsp3) is 0.231. The molecule has 5 rings (SSSR count). The van der Waals surface area contributed by atoms with Gasteiger partial charge < -0.3 is 9.88 Å². The lowest BCUT2D eigenvalue weighted by molar-refractivity contribution is 0.0787. The Labute approximate surface area is 205 Å². The zero-order chi connectivity index (χ0) is 24.5. The first-order chi connectivity index (χ1) is 16.9. The summed E-state index contributed by atoms with van der Waals surface area (Å²) in [6.07, 6.45) is 3.50. The van der Waals surface area contributed by atoms with Gasteiger partial charge in [-0.25, -0.2) is 9.37 Å². The van der Waals surface area contributed by atoms with Gasteiger partial charge >= 0.3 is 0 Å². The molecule has 9 heteroatoms. The molecule has 1 fully saturated rings. The molecule has 35 heavy (non-hydrogen) atoms. The number of benzene rings is 2. The number of carbonyl (C=O) groups excluding carboxylic acids is 2. The van der Waals surface area contributed by atoms with Crippen molar-refractivity contribution >= 4 is 34.4 Å². The molecule has 1 N–H and O–H groups in total. The summed E-state index contributed by atoms with van der Waals surface area (Å²) in [6.45, 7) is 3.10. The first kappa shape index (κ1) is 23.0. The minimum absolute atomic E-state index is 0.00563. The van der Waals surface area contributed by atoms with Gasteiger partial charge in [-0.1, -0.05) is 30.0 Å². The molecule has 0 radical (unpaired) electrons. The van der Waals surface area contributed by atoms with Crippen LogP contribution in [0.1, 0.15) is 39.3 Å². The predicted molar refractivity (Wildman–Crippen MR) is 133 cm³/mol. The number of Topliss-reactive ketones (excluding diaryl/α,β-unsaturated/α-hetero) is 1. The van der Waals surface area contributed by atoms with Crippen LogP contribution in [0.2, 0.25) is 0 Å². The molecule has 0 bridgehead atoms. The topological polar surface area (TPSA) is 88.1 Å². The van der Waals surface area contributed by atoms with Gasteiger partial charge in [-0.05, 0) is 55.7 Å². The molecule has 0 unspecified atom stereocenters. The van der Waals surface area contributed by atoms with Crippen LogP contribution in [0.5, 0.6) is 0 Å². The zero-order valence-corrected chi connectivity index (χ0v) is 19.9. The molecule has 7 nitrogen and oxygen atoms in total. The molecular weight excluding hydrogens is 467 g/mol. The number of hydrogen-bond acceptors (Lipinski definition) is 5. The number of amides is 1. The van der Waals surface area contributed by atoms with E-state index in [1.54, 1.807) is 54.3 Å². The lowest BCUT2D eigenvalue weighted by atomic mass is 10.2. The van der Waals surface area contributed by atoms with Gasteiger partial charge in [0.05, 0.1) is 22.3 Å². The van der Waals surface area contributed by atoms with E-state index in [4.69, 9.17) is 0 Å². The Balaban J connectivity index is 1.44. The van der Waals surface area contributed by atoms with Crippen LogP contribution < -0.4 is 5.56 Å². The van der Waals surface area contributed by atoms with E-state index in [-0.39, 0.29) is 28.2 Å². The maximum Gasteiger partial charge on any atom is 0.270 e. The van der Waals surface area contributed by atoms with E-state index in [1.807, 2.05) is 0 Å². The van der Waals surface area contributed by atoms with Gasteiger partial charge in [0.15, 0.2) is 10.9 Å². The summed E-state index contributed by atoms with van der Waals surface area (Å²) in [5.74, 6) is -0.762. The Morgan fingerprint density at radius 3 is 2.66 bits per heavy atom. The van der Waals surface area contributed by atoms with Crippen LogP contribution in [-0.4, -0.2) is 50.0 Å². The van der Waals surface area contributed by atoms with Crippen molar-refractivity contribution in [2.24, 2.45) is 0 Å². The standard InChI is InChI=1S/C26H23FN4O3S/c1-16-8-9-18(13-20(16)27)31-24(33)19-6-2-3-7-21(19)29-26(31)35-15-23(32)17-12-22(28-14-17)25(34)30-10-4-5-11-30/h2-3,6-9,12-14,28H,4-5,10-11,15H2,1H3. The molecule has 3 heterocycles. The molecule has 0 aliphatic carbocycles. The third-order valence-electron chi connectivity index (χ3n) is 6.12. The van der Waals surface area contributed by atoms with Gasteiger partial charge in [0, 0.05) is 24.8 Å². The van der Waals surface area contributed by atoms with Gasteiger partial charge in [0.25, 0.3) is 11.5 Å². The first-order valence-electron chi connectivity index (χ1n) is 11.3. The van der Waals surface area contributed by atoms with Crippen molar-refractivity contribution in [2.75, 3.05) is 18.8 Å². The fourth-order valence-corrected chi connectivity index (χ4v) is 5.05. The first-order valence-corrected chi connectivity index (χ1v) is 12.3. The summed E-state index contributed by atoms with van der Waals surface area (Å²) < 4.78 is 15.7. The maximum absolute atomic E-state index is 14.3. The van der Waals surface area contributed by atoms with Crippen LogP contribution in [0.3, 0.4) is 0 Å². The molecule has 2 aromatic carbocycles. The zero-order valence-electron chi connectivity index (χ0n) is 19.1. The number of nitrogens with zero attached hydrogens (tertiary/aromatic N) is 3. The van der Waals surface area contributed by atoms with E-state index in [1.165, 1.54) is 16.8 Å². The third-order valence-corrected chi connectivity index (χ3v) is 7.06. The largest absolute Gasteiger partial charge is 0.356 e. The quantitative estimate of drug-likeness (QED) is 0.246. The van der Waals surface area contributed by atoms with Gasteiger partial charge in [-0.3, -0.25) is 19.0 Å². The van der Waals surface area contributed by atoms with Crippen LogP contribution in [0, 0.1) is 12.7 Å². The van der Waals surface area contributed by atoms with E-state index >= 15 is 0 Å². The Kier molecular flexibility index (Phi) is 6.25. The lowest BCUT2D eigenvalue weighted by Crippen LogP contribution is -2.27. The van der Waals surface area contributed by atoms with Crippen LogP contribution in [-0.2, 0) is 0 Å². The molecule has 0 spiro atoms. The van der Waals surface area contributed by atoms with Crippen LogP contribution in [0.25, 0.3) is 16.6 Å². The van der Waals surface area contributed by atoms with Crippen LogP contribution in [0.15, 0.2) is 64.7 Å². The molecule has 1 amide bonds. The van der Waals surface area contributed by atoms with E-state index < -0.39 is 5.82 Å². The van der Waals surface area contributed by atoms with Crippen molar-refractivity contribution in [3.05, 3.63) is 87.7 Å². The lowest BCUT2D eigenvalue weighted by Gasteiger charge is -2.13. The molecule has 1 saturated heterocycles. The normalized spacial score (nSPS) is 13.5. The molecule has 0 saturated carbocycles. The van der Waals surface area contributed by atoms with Gasteiger partial charge in [0.1, 0.15) is 11.5 Å². The molecule has 0 atom stereocenters. The number of aryl methyl sites for hydroxylation is 1. The summed E-state index contributed by atoms with van der Waals surface area (Å²) in [7, 11) is 0. The van der Waals surface area contributed by atoms with E-state index in [2.05, 4.69) is 9.97 Å². The fourth-order valence-electron chi connectivity index (χ4n) is 4.14. The average Bonchev–Trinajstić information content (AvgIpc) is 3.57. The Bertz CT molecular complexity index is 1500. The van der Waals surface area contributed by atoms with Crippen molar-refractivity contribution in [1.82, 2.24) is 19.4 Å². The summed E-state index contributed by atoms with van der Waals surface area (Å²) in [6, 6.07) is 13.0. The average molecular weight is 491 g/mol. The highest BCUT2D eigenvalue weighted by Gasteiger charge is 2.22. The number of carbonyl (C=O) groups is 2. The molecule has 1 aliphatic heterocycles. The molecule has 2 aromatic heterocycles. The Hall–Kier alpha value is -3.72. The van der Waals surface area contributed by atoms with Crippen molar-refractivity contribution in [3.8, 4) is 5.69 Å². The summed E-state index contributed by atoms with van der Waals surface area (Å²) in [5.41, 5.74) is 1.73. The number of ketones is 1. The predicted octanol–water partition coefficient (Wildman–Crippen LogP) is 4.37. The number of aromatic amines is 1. The number of para-hydroxylation sites is 1. The van der Waals surface area contributed by atoms with E-state index in [0.29, 0.717) is 33.4 Å². The van der Waals surface area contributed by atoms with Crippen LogP contribution in [0.4, 0.5) is 4.39 Å². The molecule has 4 aromatic rings. The Morgan fingerprint density at radius 2 is 1.89 bits per heavy atom. The highest BCUT2D eigenvalue weighted by atomic mass is 32.2. The van der Waals surface area contributed by atoms with E-state index in [0.717, 1.165) is 37.7 Å². The second-order valence-electron chi connectivity index (χ2n) is 8.50. The van der Waals surface area contributed by atoms with Crippen molar-refractivity contribution in [2.45, 2.75) is 24.9 Å². The smallest absolute Gasteiger partial charge is 0.270 e. The number of fused-ring (bicyclic) bond motifs is 1. The number of thioether (sulfide) groups is 1. The minimum Gasteiger partial charge on any atom is -0.356 e. The van der Waals surface area contributed by atoms with E-state index in [9.17, 15) is 18.8 Å². The molecule has 178 valence electrons. The number of likely N-dealkylation sites (tertiary alicyclic amines) is 1. The van der Waals surface area contributed by atoms with Gasteiger partial charge in [0.2, 0.25) is 0 Å². The maximum atomic E-state index is 14.3. The van der Waals surface area contributed by atoms with Crippen molar-refractivity contribution in [3.63, 3.8) is 0 Å². The van der Waals surface area contributed by atoms with Gasteiger partial charge in [-0.15, -0.1) is 0 Å². The number of H-pyrrole nitrogens is 1. The number of rotatable bonds is 6. The molecular formula is C26H23FN4O3S. The number of halogens is 1. The second-order valence-corrected chi connectivity index (χ2v) is 9.44. The summed E-state index contributed by atoms with van der Waals surface area (Å²) >= 11 is 1.10.